The molecular formula is C16H20N2O6. The molecule has 8 heteroatoms. The molecule has 1 aromatic rings. The Hall–Kier alpha value is -2.64. The van der Waals surface area contributed by atoms with E-state index in [1.807, 2.05) is 0 Å². The first-order valence-corrected chi connectivity index (χ1v) is 7.74. The number of esters is 1. The van der Waals surface area contributed by atoms with E-state index in [1.54, 1.807) is 6.07 Å². The van der Waals surface area contributed by atoms with Gasteiger partial charge in [-0.2, -0.15) is 0 Å². The van der Waals surface area contributed by atoms with E-state index in [9.17, 15) is 19.7 Å². The zero-order valence-corrected chi connectivity index (χ0v) is 13.4. The molecule has 0 unspecified atom stereocenters. The monoisotopic (exact) mass is 336 g/mol. The molecule has 0 radical (unpaired) electrons. The number of ether oxygens (including phenoxy) is 2. The Morgan fingerprint density at radius 3 is 2.54 bits per heavy atom. The summed E-state index contributed by atoms with van der Waals surface area (Å²) in [7, 11) is 1.29. The molecule has 1 aromatic carbocycles. The smallest absolute Gasteiger partial charge is 0.331 e. The third-order valence-electron chi connectivity index (χ3n) is 4.08. The fourth-order valence-corrected chi connectivity index (χ4v) is 2.91. The average Bonchev–Trinajstić information content (AvgIpc) is 2.60. The van der Waals surface area contributed by atoms with E-state index in [4.69, 9.17) is 9.47 Å². The topological polar surface area (TPSA) is 108 Å². The van der Waals surface area contributed by atoms with E-state index in [1.165, 1.54) is 25.3 Å². The third kappa shape index (κ3) is 4.01. The number of rotatable bonds is 6. The van der Waals surface area contributed by atoms with Crippen molar-refractivity contribution in [3.63, 3.8) is 0 Å². The molecule has 0 spiro atoms. The van der Waals surface area contributed by atoms with Crippen molar-refractivity contribution < 1.29 is 24.0 Å². The molecule has 8 nitrogen and oxygen atoms in total. The molecule has 1 N–H and O–H groups in total. The number of benzene rings is 1. The lowest BCUT2D eigenvalue weighted by Crippen LogP contribution is -2.57. The first kappa shape index (κ1) is 17.7. The predicted octanol–water partition coefficient (Wildman–Crippen LogP) is 1.97. The Balaban J connectivity index is 2.02. The summed E-state index contributed by atoms with van der Waals surface area (Å²) in [6, 6.07) is 5.81. The number of hydrogen-bond acceptors (Lipinski definition) is 6. The fraction of sp³-hybridized carbons (Fsp3) is 0.500. The maximum Gasteiger partial charge on any atom is 0.331 e. The maximum atomic E-state index is 12.2. The number of carbonyl (C=O) groups excluding carboxylic acids is 2. The standard InChI is InChI=1S/C16H20N2O6/c1-23-15(20)16(9-5-2-6-10-16)17-14(19)11-24-13-8-4-3-7-12(13)18(21)22/h3-4,7-8H,2,5-6,9-11H2,1H3,(H,17,19). The molecule has 2 rings (SSSR count). The Morgan fingerprint density at radius 1 is 1.25 bits per heavy atom. The van der Waals surface area contributed by atoms with Gasteiger partial charge in [0.1, 0.15) is 5.54 Å². The van der Waals surface area contributed by atoms with Gasteiger partial charge < -0.3 is 14.8 Å². The van der Waals surface area contributed by atoms with Crippen molar-refractivity contribution in [2.75, 3.05) is 13.7 Å². The van der Waals surface area contributed by atoms with Gasteiger partial charge in [0, 0.05) is 6.07 Å². The van der Waals surface area contributed by atoms with E-state index < -0.39 is 28.9 Å². The summed E-state index contributed by atoms with van der Waals surface area (Å²) < 4.78 is 10.1. The van der Waals surface area contributed by atoms with Crippen molar-refractivity contribution >= 4 is 17.6 Å². The summed E-state index contributed by atoms with van der Waals surface area (Å²) in [5.41, 5.74) is -1.25. The number of methoxy groups -OCH3 is 1. The SMILES string of the molecule is COC(=O)C1(NC(=O)COc2ccccc2[N+](=O)[O-])CCCCC1. The Bertz CT molecular complexity index is 625. The van der Waals surface area contributed by atoms with Crippen LogP contribution in [0.5, 0.6) is 5.75 Å². The number of para-hydroxylation sites is 2. The highest BCUT2D eigenvalue weighted by atomic mass is 16.6. The van der Waals surface area contributed by atoms with Crippen LogP contribution in [0.25, 0.3) is 0 Å². The Labute approximate surface area is 139 Å². The lowest BCUT2D eigenvalue weighted by Gasteiger charge is -2.35. The van der Waals surface area contributed by atoms with E-state index in [0.717, 1.165) is 19.3 Å². The highest BCUT2D eigenvalue weighted by Crippen LogP contribution is 2.30. The van der Waals surface area contributed by atoms with Gasteiger partial charge in [-0.05, 0) is 18.9 Å². The van der Waals surface area contributed by atoms with Crippen molar-refractivity contribution in [2.45, 2.75) is 37.6 Å². The lowest BCUT2D eigenvalue weighted by molar-refractivity contribution is -0.385. The highest BCUT2D eigenvalue weighted by Gasteiger charge is 2.42. The summed E-state index contributed by atoms with van der Waals surface area (Å²) in [5, 5.41) is 13.6. The second-order valence-corrected chi connectivity index (χ2v) is 5.70. The largest absolute Gasteiger partial charge is 0.477 e. The van der Waals surface area contributed by atoms with Crippen molar-refractivity contribution in [3.05, 3.63) is 34.4 Å². The minimum Gasteiger partial charge on any atom is -0.477 e. The van der Waals surface area contributed by atoms with Gasteiger partial charge in [-0.25, -0.2) is 4.79 Å². The van der Waals surface area contributed by atoms with Crippen LogP contribution in [-0.4, -0.2) is 36.1 Å². The molecule has 1 amide bonds. The van der Waals surface area contributed by atoms with Crippen LogP contribution in [0.3, 0.4) is 0 Å². The zero-order chi connectivity index (χ0) is 17.6. The average molecular weight is 336 g/mol. The van der Waals surface area contributed by atoms with Crippen LogP contribution in [0.4, 0.5) is 5.69 Å². The second-order valence-electron chi connectivity index (χ2n) is 5.70. The highest BCUT2D eigenvalue weighted by molar-refractivity contribution is 5.88. The molecular weight excluding hydrogens is 316 g/mol. The van der Waals surface area contributed by atoms with Crippen LogP contribution in [0.15, 0.2) is 24.3 Å². The van der Waals surface area contributed by atoms with Crippen LogP contribution in [0.2, 0.25) is 0 Å². The summed E-state index contributed by atoms with van der Waals surface area (Å²) in [6.07, 6.45) is 3.66. The zero-order valence-electron chi connectivity index (χ0n) is 13.4. The van der Waals surface area contributed by atoms with E-state index in [-0.39, 0.29) is 11.4 Å². The molecule has 130 valence electrons. The molecule has 24 heavy (non-hydrogen) atoms. The van der Waals surface area contributed by atoms with Crippen molar-refractivity contribution in [1.82, 2.24) is 5.32 Å². The minimum atomic E-state index is -1.03. The van der Waals surface area contributed by atoms with Crippen LogP contribution in [-0.2, 0) is 14.3 Å². The predicted molar refractivity (Wildman–Crippen MR) is 84.6 cm³/mol. The van der Waals surface area contributed by atoms with Gasteiger partial charge in [0.05, 0.1) is 12.0 Å². The van der Waals surface area contributed by atoms with Crippen LogP contribution in [0, 0.1) is 10.1 Å². The maximum absolute atomic E-state index is 12.2. The van der Waals surface area contributed by atoms with Crippen molar-refractivity contribution in [2.24, 2.45) is 0 Å². The van der Waals surface area contributed by atoms with Crippen molar-refractivity contribution in [1.29, 1.82) is 0 Å². The molecule has 0 aliphatic heterocycles. The second kappa shape index (κ2) is 7.76. The quantitative estimate of drug-likeness (QED) is 0.483. The molecule has 0 heterocycles. The molecule has 0 saturated heterocycles. The van der Waals surface area contributed by atoms with E-state index >= 15 is 0 Å². The Kier molecular flexibility index (Phi) is 5.73. The van der Waals surface area contributed by atoms with Gasteiger partial charge in [-0.1, -0.05) is 31.4 Å². The molecule has 0 atom stereocenters. The molecule has 1 aliphatic rings. The number of hydrogen-bond donors (Lipinski definition) is 1. The summed E-state index contributed by atoms with van der Waals surface area (Å²) >= 11 is 0. The summed E-state index contributed by atoms with van der Waals surface area (Å²) in [6.45, 7) is -0.413. The van der Waals surface area contributed by atoms with Crippen LogP contribution >= 0.6 is 0 Å². The van der Waals surface area contributed by atoms with Gasteiger partial charge in [-0.15, -0.1) is 0 Å². The molecule has 0 aromatic heterocycles. The molecule has 1 fully saturated rings. The first-order valence-electron chi connectivity index (χ1n) is 7.74. The number of nitro benzene ring substituents is 1. The normalized spacial score (nSPS) is 16.0. The van der Waals surface area contributed by atoms with E-state index in [2.05, 4.69) is 5.32 Å². The summed E-state index contributed by atoms with van der Waals surface area (Å²) in [5.74, 6) is -0.977. The van der Waals surface area contributed by atoms with E-state index in [0.29, 0.717) is 12.8 Å². The number of nitrogens with one attached hydrogen (secondary N) is 1. The van der Waals surface area contributed by atoms with Crippen LogP contribution < -0.4 is 10.1 Å². The number of carbonyl (C=O) groups is 2. The lowest BCUT2D eigenvalue weighted by atomic mass is 9.81. The molecule has 1 saturated carbocycles. The molecule has 1 aliphatic carbocycles. The van der Waals surface area contributed by atoms with Crippen LogP contribution in [0.1, 0.15) is 32.1 Å². The Morgan fingerprint density at radius 2 is 1.92 bits per heavy atom. The van der Waals surface area contributed by atoms with Gasteiger partial charge in [0.25, 0.3) is 5.91 Å². The summed E-state index contributed by atoms with van der Waals surface area (Å²) in [4.78, 5) is 34.6. The van der Waals surface area contributed by atoms with Gasteiger partial charge >= 0.3 is 11.7 Å². The van der Waals surface area contributed by atoms with Gasteiger partial charge in [0.2, 0.25) is 0 Å². The number of amides is 1. The minimum absolute atomic E-state index is 0.00779. The number of nitrogens with zero attached hydrogens (tertiary/aromatic N) is 1. The fourth-order valence-electron chi connectivity index (χ4n) is 2.91. The van der Waals surface area contributed by atoms with Crippen molar-refractivity contribution in [3.8, 4) is 5.75 Å². The van der Waals surface area contributed by atoms with Gasteiger partial charge in [0.15, 0.2) is 12.4 Å². The third-order valence-corrected chi connectivity index (χ3v) is 4.08. The van der Waals surface area contributed by atoms with Gasteiger partial charge in [-0.3, -0.25) is 14.9 Å². The molecule has 0 bridgehead atoms. The number of nitro groups is 1. The first-order chi connectivity index (χ1) is 11.5.